The molecule has 1 fully saturated rings. The molecule has 0 aliphatic carbocycles. The summed E-state index contributed by atoms with van der Waals surface area (Å²) in [6.45, 7) is 8.52. The van der Waals surface area contributed by atoms with Crippen LogP contribution in [0.1, 0.15) is 44.7 Å². The van der Waals surface area contributed by atoms with Crippen LogP contribution in [0.25, 0.3) is 0 Å². The topological polar surface area (TPSA) is 35.8 Å². The van der Waals surface area contributed by atoms with Crippen LogP contribution < -0.4 is 5.32 Å². The van der Waals surface area contributed by atoms with E-state index in [4.69, 9.17) is 0 Å². The van der Waals surface area contributed by atoms with Gasteiger partial charge in [-0.25, -0.2) is 0 Å². The third-order valence-corrected chi connectivity index (χ3v) is 3.97. The van der Waals surface area contributed by atoms with Crippen LogP contribution in [0.3, 0.4) is 0 Å². The number of nitrogens with zero attached hydrogens (tertiary/aromatic N) is 1. The van der Waals surface area contributed by atoms with E-state index in [1.54, 1.807) is 0 Å². The van der Waals surface area contributed by atoms with E-state index in [9.17, 15) is 5.26 Å². The Bertz CT molecular complexity index is 445. The van der Waals surface area contributed by atoms with Gasteiger partial charge in [-0.05, 0) is 42.5 Å². The van der Waals surface area contributed by atoms with Crippen LogP contribution in [0.2, 0.25) is 0 Å². The fourth-order valence-electron chi connectivity index (χ4n) is 2.61. The van der Waals surface area contributed by atoms with Gasteiger partial charge in [-0.15, -0.1) is 12.4 Å². The molecule has 0 spiro atoms. The Kier molecular flexibility index (Phi) is 5.01. The first kappa shape index (κ1) is 16.0. The molecule has 0 aromatic heterocycles. The second-order valence-electron chi connectivity index (χ2n) is 6.27. The van der Waals surface area contributed by atoms with Crippen molar-refractivity contribution in [3.8, 4) is 6.07 Å². The molecule has 1 N–H and O–H groups in total. The van der Waals surface area contributed by atoms with Gasteiger partial charge in [0.2, 0.25) is 0 Å². The molecule has 2 rings (SSSR count). The Balaban J connectivity index is 0.00000180. The van der Waals surface area contributed by atoms with E-state index in [-0.39, 0.29) is 23.2 Å². The van der Waals surface area contributed by atoms with Gasteiger partial charge in [-0.2, -0.15) is 5.26 Å². The minimum absolute atomic E-state index is 0. The highest BCUT2D eigenvalue weighted by atomic mass is 35.5. The van der Waals surface area contributed by atoms with E-state index in [1.165, 1.54) is 11.1 Å². The van der Waals surface area contributed by atoms with Gasteiger partial charge in [0, 0.05) is 0 Å². The zero-order valence-electron chi connectivity index (χ0n) is 12.0. The Hall–Kier alpha value is -1.04. The second-order valence-corrected chi connectivity index (χ2v) is 6.27. The summed E-state index contributed by atoms with van der Waals surface area (Å²) in [7, 11) is 0. The van der Waals surface area contributed by atoms with Gasteiger partial charge in [-0.3, -0.25) is 0 Å². The highest BCUT2D eigenvalue weighted by molar-refractivity contribution is 5.85. The molecular formula is C16H23ClN2. The van der Waals surface area contributed by atoms with Crippen molar-refractivity contribution in [3.63, 3.8) is 0 Å². The number of halogens is 1. The van der Waals surface area contributed by atoms with Crippen LogP contribution in [-0.2, 0) is 10.8 Å². The van der Waals surface area contributed by atoms with E-state index in [0.29, 0.717) is 0 Å². The summed E-state index contributed by atoms with van der Waals surface area (Å²) in [6, 6.07) is 11.2. The first-order chi connectivity index (χ1) is 8.48. The summed E-state index contributed by atoms with van der Waals surface area (Å²) >= 11 is 0. The maximum Gasteiger partial charge on any atom is 0.0846 e. The van der Waals surface area contributed by atoms with Crippen molar-refractivity contribution in [2.45, 2.75) is 44.4 Å². The van der Waals surface area contributed by atoms with Crippen molar-refractivity contribution in [3.05, 3.63) is 35.4 Å². The molecule has 0 unspecified atom stereocenters. The summed E-state index contributed by atoms with van der Waals surface area (Å²) in [5.41, 5.74) is 2.40. The van der Waals surface area contributed by atoms with Crippen molar-refractivity contribution in [1.29, 1.82) is 5.26 Å². The van der Waals surface area contributed by atoms with E-state index in [0.717, 1.165) is 25.9 Å². The number of nitriles is 1. The molecule has 0 bridgehead atoms. The maximum atomic E-state index is 9.55. The fourth-order valence-corrected chi connectivity index (χ4v) is 2.61. The third kappa shape index (κ3) is 3.29. The first-order valence-electron chi connectivity index (χ1n) is 6.71. The molecule has 3 heteroatoms. The van der Waals surface area contributed by atoms with Crippen LogP contribution in [-0.4, -0.2) is 13.1 Å². The summed E-state index contributed by atoms with van der Waals surface area (Å²) < 4.78 is 0. The molecule has 1 aromatic carbocycles. The van der Waals surface area contributed by atoms with Crippen molar-refractivity contribution in [2.75, 3.05) is 13.1 Å². The van der Waals surface area contributed by atoms with Gasteiger partial charge in [0.25, 0.3) is 0 Å². The average molecular weight is 279 g/mol. The van der Waals surface area contributed by atoms with Crippen molar-refractivity contribution >= 4 is 12.4 Å². The van der Waals surface area contributed by atoms with E-state index in [2.05, 4.69) is 56.4 Å². The van der Waals surface area contributed by atoms with Gasteiger partial charge in [0.15, 0.2) is 0 Å². The molecular weight excluding hydrogens is 256 g/mol. The number of nitrogens with one attached hydrogen (secondary N) is 1. The van der Waals surface area contributed by atoms with Crippen LogP contribution in [0, 0.1) is 11.3 Å². The average Bonchev–Trinajstić information content (AvgIpc) is 2.39. The SMILES string of the molecule is CC(C)(C)c1ccc(C2(C#N)CCNCC2)cc1.Cl. The lowest BCUT2D eigenvalue weighted by molar-refractivity contribution is 0.382. The minimum Gasteiger partial charge on any atom is -0.317 e. The molecule has 0 radical (unpaired) electrons. The van der Waals surface area contributed by atoms with Gasteiger partial charge in [0.1, 0.15) is 0 Å². The van der Waals surface area contributed by atoms with Crippen LogP contribution in [0.15, 0.2) is 24.3 Å². The molecule has 1 aliphatic rings. The Morgan fingerprint density at radius 2 is 1.63 bits per heavy atom. The number of rotatable bonds is 1. The lowest BCUT2D eigenvalue weighted by Crippen LogP contribution is -2.38. The first-order valence-corrected chi connectivity index (χ1v) is 6.71. The lowest BCUT2D eigenvalue weighted by atomic mass is 9.73. The predicted molar refractivity (Wildman–Crippen MR) is 81.8 cm³/mol. The van der Waals surface area contributed by atoms with Gasteiger partial charge >= 0.3 is 0 Å². The highest BCUT2D eigenvalue weighted by Gasteiger charge is 2.34. The number of piperidine rings is 1. The monoisotopic (exact) mass is 278 g/mol. The Labute approximate surface area is 122 Å². The largest absolute Gasteiger partial charge is 0.317 e. The number of hydrogen-bond donors (Lipinski definition) is 1. The quantitative estimate of drug-likeness (QED) is 0.853. The normalized spacial score (nSPS) is 18.2. The van der Waals surface area contributed by atoms with E-state index < -0.39 is 0 Å². The summed E-state index contributed by atoms with van der Waals surface area (Å²) in [6.07, 6.45) is 1.83. The molecule has 1 aromatic rings. The van der Waals surface area contributed by atoms with Crippen LogP contribution in [0.5, 0.6) is 0 Å². The summed E-state index contributed by atoms with van der Waals surface area (Å²) in [5, 5.41) is 12.9. The standard InChI is InChI=1S/C16H22N2.ClH/c1-15(2,3)13-4-6-14(7-5-13)16(12-17)8-10-18-11-9-16;/h4-7,18H,8-11H2,1-3H3;1H. The highest BCUT2D eigenvalue weighted by Crippen LogP contribution is 2.34. The molecule has 2 nitrogen and oxygen atoms in total. The molecule has 104 valence electrons. The third-order valence-electron chi connectivity index (χ3n) is 3.97. The van der Waals surface area contributed by atoms with Crippen molar-refractivity contribution in [1.82, 2.24) is 5.32 Å². The van der Waals surface area contributed by atoms with Gasteiger partial charge in [-0.1, -0.05) is 45.0 Å². The molecule has 1 heterocycles. The van der Waals surface area contributed by atoms with Gasteiger partial charge < -0.3 is 5.32 Å². The Morgan fingerprint density at radius 1 is 1.11 bits per heavy atom. The maximum absolute atomic E-state index is 9.55. The lowest BCUT2D eigenvalue weighted by Gasteiger charge is -2.32. The van der Waals surface area contributed by atoms with Crippen molar-refractivity contribution < 1.29 is 0 Å². The van der Waals surface area contributed by atoms with Crippen LogP contribution >= 0.6 is 12.4 Å². The second kappa shape index (κ2) is 5.94. The number of hydrogen-bond acceptors (Lipinski definition) is 2. The summed E-state index contributed by atoms with van der Waals surface area (Å²) in [5.74, 6) is 0. The van der Waals surface area contributed by atoms with Gasteiger partial charge in [0.05, 0.1) is 11.5 Å². The molecule has 0 atom stereocenters. The molecule has 1 aliphatic heterocycles. The van der Waals surface area contributed by atoms with E-state index in [1.807, 2.05) is 0 Å². The van der Waals surface area contributed by atoms with Crippen molar-refractivity contribution in [2.24, 2.45) is 0 Å². The summed E-state index contributed by atoms with van der Waals surface area (Å²) in [4.78, 5) is 0. The molecule has 1 saturated heterocycles. The zero-order valence-corrected chi connectivity index (χ0v) is 12.8. The molecule has 0 amide bonds. The fraction of sp³-hybridized carbons (Fsp3) is 0.562. The minimum atomic E-state index is -0.276. The Morgan fingerprint density at radius 3 is 2.05 bits per heavy atom. The smallest absolute Gasteiger partial charge is 0.0846 e. The molecule has 0 saturated carbocycles. The zero-order chi connectivity index (χ0) is 13.2. The molecule has 19 heavy (non-hydrogen) atoms. The number of benzene rings is 1. The van der Waals surface area contributed by atoms with Crippen LogP contribution in [0.4, 0.5) is 0 Å². The van der Waals surface area contributed by atoms with E-state index >= 15 is 0 Å². The predicted octanol–water partition coefficient (Wildman–Crippen LogP) is 3.55.